The molecule has 4 heteroatoms. The topological polar surface area (TPSA) is 43.4 Å². The number of rotatable bonds is 7. The van der Waals surface area contributed by atoms with Crippen molar-refractivity contribution in [1.82, 2.24) is 0 Å². The molecule has 0 saturated heterocycles. The van der Waals surface area contributed by atoms with E-state index in [1.54, 1.807) is 11.8 Å². The van der Waals surface area contributed by atoms with Gasteiger partial charge in [-0.05, 0) is 18.6 Å². The fourth-order valence-corrected chi connectivity index (χ4v) is 1.63. The van der Waals surface area contributed by atoms with Crippen LogP contribution in [-0.2, 0) is 14.3 Å². The second kappa shape index (κ2) is 7.85. The van der Waals surface area contributed by atoms with Crippen molar-refractivity contribution in [3.05, 3.63) is 0 Å². The van der Waals surface area contributed by atoms with Crippen LogP contribution in [0, 0.1) is 5.92 Å². The summed E-state index contributed by atoms with van der Waals surface area (Å²) in [7, 11) is 0. The Labute approximate surface area is 89.6 Å². The number of esters is 1. The first-order valence-electron chi connectivity index (χ1n) is 4.75. The van der Waals surface area contributed by atoms with Gasteiger partial charge >= 0.3 is 5.97 Å². The van der Waals surface area contributed by atoms with Gasteiger partial charge in [-0.1, -0.05) is 13.8 Å². The predicted octanol–water partition coefficient (Wildman–Crippen LogP) is 1.90. The van der Waals surface area contributed by atoms with Crippen LogP contribution in [0.25, 0.3) is 0 Å². The molecule has 0 unspecified atom stereocenters. The second-order valence-corrected chi connectivity index (χ2v) is 4.72. The molecule has 0 rings (SSSR count). The van der Waals surface area contributed by atoms with E-state index >= 15 is 0 Å². The van der Waals surface area contributed by atoms with Crippen LogP contribution in [0.5, 0.6) is 0 Å². The van der Waals surface area contributed by atoms with Gasteiger partial charge < -0.3 is 4.74 Å². The van der Waals surface area contributed by atoms with Gasteiger partial charge in [-0.25, -0.2) is 0 Å². The molecule has 0 radical (unpaired) electrons. The molecule has 0 aromatic rings. The van der Waals surface area contributed by atoms with Crippen molar-refractivity contribution in [1.29, 1.82) is 0 Å². The van der Waals surface area contributed by atoms with E-state index in [2.05, 4.69) is 13.8 Å². The van der Waals surface area contributed by atoms with Crippen LogP contribution >= 0.6 is 11.8 Å². The molecule has 0 spiro atoms. The minimum absolute atomic E-state index is 0.102. The Balaban J connectivity index is 3.27. The highest BCUT2D eigenvalue weighted by Crippen LogP contribution is 2.06. The van der Waals surface area contributed by atoms with Crippen LogP contribution in [0.15, 0.2) is 0 Å². The largest absolute Gasteiger partial charge is 0.464 e. The Bertz CT molecular complexity index is 190. The van der Waals surface area contributed by atoms with Crippen molar-refractivity contribution in [2.75, 3.05) is 18.1 Å². The van der Waals surface area contributed by atoms with E-state index < -0.39 is 5.97 Å². The molecule has 0 atom stereocenters. The predicted molar refractivity (Wildman–Crippen MR) is 58.4 cm³/mol. The maximum Gasteiger partial charge on any atom is 0.313 e. The molecular weight excluding hydrogens is 200 g/mol. The van der Waals surface area contributed by atoms with Crippen LogP contribution < -0.4 is 0 Å². The van der Waals surface area contributed by atoms with Gasteiger partial charge in [0.2, 0.25) is 0 Å². The summed E-state index contributed by atoms with van der Waals surface area (Å²) in [6.45, 7) is 6.09. The van der Waals surface area contributed by atoms with Gasteiger partial charge in [0.05, 0.1) is 0 Å². The SMILES string of the molecule is CC(=O)CC(=O)OCCSCC(C)C. The lowest BCUT2D eigenvalue weighted by Crippen LogP contribution is -2.11. The van der Waals surface area contributed by atoms with Crippen molar-refractivity contribution in [2.45, 2.75) is 27.2 Å². The molecule has 3 nitrogen and oxygen atoms in total. The quantitative estimate of drug-likeness (QED) is 0.372. The average molecular weight is 218 g/mol. The molecule has 0 aliphatic carbocycles. The van der Waals surface area contributed by atoms with Gasteiger partial charge in [0.25, 0.3) is 0 Å². The fourth-order valence-electron chi connectivity index (χ4n) is 0.788. The third kappa shape index (κ3) is 9.58. The molecule has 0 aliphatic heterocycles. The zero-order chi connectivity index (χ0) is 11.0. The number of carbonyl (C=O) groups excluding carboxylic acids is 2. The molecule has 0 aliphatic rings. The van der Waals surface area contributed by atoms with Gasteiger partial charge in [-0.2, -0.15) is 11.8 Å². The zero-order valence-electron chi connectivity index (χ0n) is 9.04. The number of thioether (sulfide) groups is 1. The van der Waals surface area contributed by atoms with Gasteiger partial charge in [-0.3, -0.25) is 9.59 Å². The highest BCUT2D eigenvalue weighted by atomic mass is 32.2. The van der Waals surface area contributed by atoms with Crippen LogP contribution in [-0.4, -0.2) is 29.9 Å². The van der Waals surface area contributed by atoms with Gasteiger partial charge in [0.15, 0.2) is 0 Å². The normalized spacial score (nSPS) is 10.3. The zero-order valence-corrected chi connectivity index (χ0v) is 9.86. The summed E-state index contributed by atoms with van der Waals surface area (Å²) in [5, 5.41) is 0. The van der Waals surface area contributed by atoms with E-state index in [1.165, 1.54) is 6.92 Å². The summed E-state index contributed by atoms with van der Waals surface area (Å²) in [5.74, 6) is 1.98. The third-order valence-electron chi connectivity index (χ3n) is 1.34. The first-order valence-corrected chi connectivity index (χ1v) is 5.90. The Kier molecular flexibility index (Phi) is 7.57. The molecule has 0 amide bonds. The van der Waals surface area contributed by atoms with E-state index in [-0.39, 0.29) is 12.2 Å². The first-order chi connectivity index (χ1) is 6.52. The van der Waals surface area contributed by atoms with Crippen molar-refractivity contribution in [2.24, 2.45) is 5.92 Å². The molecule has 14 heavy (non-hydrogen) atoms. The van der Waals surface area contributed by atoms with E-state index in [0.29, 0.717) is 12.5 Å². The molecular formula is C10H18O3S. The van der Waals surface area contributed by atoms with E-state index in [0.717, 1.165) is 11.5 Å². The van der Waals surface area contributed by atoms with Crippen LogP contribution in [0.1, 0.15) is 27.2 Å². The summed E-state index contributed by atoms with van der Waals surface area (Å²) < 4.78 is 4.85. The van der Waals surface area contributed by atoms with Crippen molar-refractivity contribution >= 4 is 23.5 Å². The molecule has 0 fully saturated rings. The number of ether oxygens (including phenoxy) is 1. The van der Waals surface area contributed by atoms with Gasteiger partial charge in [-0.15, -0.1) is 0 Å². The summed E-state index contributed by atoms with van der Waals surface area (Å²) in [5.41, 5.74) is 0. The van der Waals surface area contributed by atoms with Crippen molar-refractivity contribution in [3.63, 3.8) is 0 Å². The highest BCUT2D eigenvalue weighted by Gasteiger charge is 2.05. The van der Waals surface area contributed by atoms with Crippen molar-refractivity contribution in [3.8, 4) is 0 Å². The Hall–Kier alpha value is -0.510. The Morgan fingerprint density at radius 1 is 1.36 bits per heavy atom. The first kappa shape index (κ1) is 13.5. The number of ketones is 1. The lowest BCUT2D eigenvalue weighted by atomic mass is 10.3. The van der Waals surface area contributed by atoms with Crippen LogP contribution in [0.3, 0.4) is 0 Å². The van der Waals surface area contributed by atoms with E-state index in [9.17, 15) is 9.59 Å². The summed E-state index contributed by atoms with van der Waals surface area (Å²) in [4.78, 5) is 21.4. The molecule has 0 N–H and O–H groups in total. The third-order valence-corrected chi connectivity index (χ3v) is 2.69. The molecule has 0 heterocycles. The van der Waals surface area contributed by atoms with Crippen LogP contribution in [0.4, 0.5) is 0 Å². The summed E-state index contributed by atoms with van der Waals surface area (Å²) in [6, 6.07) is 0. The maximum atomic E-state index is 10.9. The van der Waals surface area contributed by atoms with E-state index in [1.807, 2.05) is 0 Å². The summed E-state index contributed by atoms with van der Waals surface area (Å²) in [6.07, 6.45) is -0.102. The van der Waals surface area contributed by atoms with Gasteiger partial charge in [0.1, 0.15) is 18.8 Å². The van der Waals surface area contributed by atoms with Crippen molar-refractivity contribution < 1.29 is 14.3 Å². The lowest BCUT2D eigenvalue weighted by Gasteiger charge is -2.05. The Morgan fingerprint density at radius 3 is 2.50 bits per heavy atom. The highest BCUT2D eigenvalue weighted by molar-refractivity contribution is 7.99. The standard InChI is InChI=1S/C10H18O3S/c1-8(2)7-14-5-4-13-10(12)6-9(3)11/h8H,4-7H2,1-3H3. The smallest absolute Gasteiger partial charge is 0.313 e. The minimum atomic E-state index is -0.414. The molecule has 82 valence electrons. The summed E-state index contributed by atoms with van der Waals surface area (Å²) >= 11 is 1.76. The molecule has 0 saturated carbocycles. The number of hydrogen-bond donors (Lipinski definition) is 0. The number of Topliss-reactive ketones (excluding diaryl/α,β-unsaturated/α-hetero) is 1. The maximum absolute atomic E-state index is 10.9. The van der Waals surface area contributed by atoms with Gasteiger partial charge in [0, 0.05) is 5.75 Å². The van der Waals surface area contributed by atoms with Crippen LogP contribution in [0.2, 0.25) is 0 Å². The molecule has 0 bridgehead atoms. The average Bonchev–Trinajstić information content (AvgIpc) is 2.01. The fraction of sp³-hybridized carbons (Fsp3) is 0.800. The lowest BCUT2D eigenvalue weighted by molar-refractivity contribution is -0.145. The molecule has 0 aromatic heterocycles. The number of hydrogen-bond acceptors (Lipinski definition) is 4. The van der Waals surface area contributed by atoms with E-state index in [4.69, 9.17) is 4.74 Å². The number of carbonyl (C=O) groups is 2. The second-order valence-electron chi connectivity index (χ2n) is 3.57. The Morgan fingerprint density at radius 2 is 2.00 bits per heavy atom. The minimum Gasteiger partial charge on any atom is -0.464 e. The molecule has 0 aromatic carbocycles. The monoisotopic (exact) mass is 218 g/mol.